The van der Waals surface area contributed by atoms with Gasteiger partial charge in [0.2, 0.25) is 0 Å². The average molecular weight is 387 g/mol. The maximum atomic E-state index is 10.7. The van der Waals surface area contributed by atoms with Gasteiger partial charge in [0.05, 0.1) is 19.3 Å². The van der Waals surface area contributed by atoms with Crippen molar-refractivity contribution in [3.63, 3.8) is 0 Å². The number of ether oxygens (including phenoxy) is 1. The van der Waals surface area contributed by atoms with E-state index >= 15 is 0 Å². The Morgan fingerprint density at radius 1 is 1.38 bits per heavy atom. The molecule has 0 amide bonds. The molecule has 0 radical (unpaired) electrons. The molecular weight excluding hydrogens is 374 g/mol. The van der Waals surface area contributed by atoms with Crippen molar-refractivity contribution in [1.29, 1.82) is 0 Å². The summed E-state index contributed by atoms with van der Waals surface area (Å²) >= 11 is 5.03. The Morgan fingerprint density at radius 2 is 2.08 bits per heavy atom. The van der Waals surface area contributed by atoms with E-state index in [9.17, 15) is 14.8 Å². The van der Waals surface area contributed by atoms with E-state index in [1.165, 1.54) is 17.2 Å². The second-order valence-electron chi connectivity index (χ2n) is 4.89. The molecule has 0 spiro atoms. The normalized spacial score (nSPS) is 27.3. The summed E-state index contributed by atoms with van der Waals surface area (Å²) in [7, 11) is -4.71. The number of aromatic nitrogens is 4. The molecule has 3 heterocycles. The number of aromatic amines is 1. The first-order chi connectivity index (χ1) is 10.8. The van der Waals surface area contributed by atoms with Crippen LogP contribution in [0.25, 0.3) is 11.2 Å². The Balaban J connectivity index is 0.00000208. The van der Waals surface area contributed by atoms with Crippen LogP contribution in [0.2, 0.25) is 0 Å². The van der Waals surface area contributed by atoms with Crippen LogP contribution in [0.1, 0.15) is 6.23 Å². The van der Waals surface area contributed by atoms with Gasteiger partial charge in [-0.05, 0) is 0 Å². The van der Waals surface area contributed by atoms with E-state index in [2.05, 4.69) is 19.5 Å². The number of nitrogens with one attached hydrogen (secondary N) is 1. The first kappa shape index (κ1) is 20.1. The van der Waals surface area contributed by atoms with Gasteiger partial charge < -0.3 is 29.7 Å². The Hall–Kier alpha value is -0.240. The molecular formula is C10H13N4NaO7PS+. The number of phosphoric acid groups is 1. The first-order valence-corrected chi connectivity index (χ1v) is 8.33. The zero-order chi connectivity index (χ0) is 16.8. The number of aliphatic hydroxyl groups excluding tert-OH is 2. The zero-order valence-corrected chi connectivity index (χ0v) is 16.1. The number of nitrogens with zero attached hydrogens (tertiary/aromatic N) is 3. The molecule has 11 nitrogen and oxygen atoms in total. The minimum absolute atomic E-state index is 0. The molecule has 4 atom stereocenters. The molecule has 24 heavy (non-hydrogen) atoms. The van der Waals surface area contributed by atoms with Gasteiger partial charge in [-0.2, -0.15) is 0 Å². The fraction of sp³-hybridized carbons (Fsp3) is 0.500. The van der Waals surface area contributed by atoms with Gasteiger partial charge in [0.1, 0.15) is 29.5 Å². The molecule has 0 aliphatic carbocycles. The summed E-state index contributed by atoms with van der Waals surface area (Å²) in [6.07, 6.45) is -2.19. The third-order valence-corrected chi connectivity index (χ3v) is 4.18. The minimum Gasteiger partial charge on any atom is -0.387 e. The number of phosphoric ester groups is 1. The van der Waals surface area contributed by atoms with E-state index in [1.54, 1.807) is 0 Å². The van der Waals surface area contributed by atoms with E-state index in [-0.39, 0.29) is 34.2 Å². The summed E-state index contributed by atoms with van der Waals surface area (Å²) in [5, 5.41) is 20.1. The molecule has 0 bridgehead atoms. The average Bonchev–Trinajstić information content (AvgIpc) is 3.01. The van der Waals surface area contributed by atoms with Crippen molar-refractivity contribution in [3.05, 3.63) is 17.3 Å². The van der Waals surface area contributed by atoms with Crippen LogP contribution in [0.5, 0.6) is 0 Å². The topological polar surface area (TPSA) is 163 Å². The minimum atomic E-state index is -4.71. The Bertz CT molecular complexity index is 825. The summed E-state index contributed by atoms with van der Waals surface area (Å²) in [5.74, 6) is 0. The fourth-order valence-corrected chi connectivity index (χ4v) is 2.88. The summed E-state index contributed by atoms with van der Waals surface area (Å²) in [6, 6.07) is 0. The van der Waals surface area contributed by atoms with Gasteiger partial charge in [0, 0.05) is 0 Å². The van der Waals surface area contributed by atoms with Crippen molar-refractivity contribution < 1.29 is 63.4 Å². The van der Waals surface area contributed by atoms with Gasteiger partial charge in [-0.15, -0.1) is 0 Å². The van der Waals surface area contributed by atoms with Gasteiger partial charge in [-0.1, -0.05) is 12.2 Å². The van der Waals surface area contributed by atoms with E-state index in [0.717, 1.165) is 0 Å². The standard InChI is InChI=1S/C10H13N4O7PS.Na/c15-6-4(1-20-22(17,18)19)21-10(7(6)16)14-3-13-5-8(14)11-2-12-9(5)23;/h2-4,6-7,10,15-16H,1H2,(H,11,12,23)(H2,17,18,19);/q;+1. The third-order valence-electron chi connectivity index (χ3n) is 3.40. The van der Waals surface area contributed by atoms with Crippen molar-refractivity contribution in [2.45, 2.75) is 24.5 Å². The first-order valence-electron chi connectivity index (χ1n) is 6.40. The van der Waals surface area contributed by atoms with Crippen molar-refractivity contribution in [2.75, 3.05) is 6.61 Å². The third kappa shape index (κ3) is 3.94. The number of hydrogen-bond donors (Lipinski definition) is 5. The number of fused-ring (bicyclic) bond motifs is 1. The summed E-state index contributed by atoms with van der Waals surface area (Å²) in [5.41, 5.74) is 0.820. The van der Waals surface area contributed by atoms with Crippen LogP contribution in [0.4, 0.5) is 0 Å². The van der Waals surface area contributed by atoms with Gasteiger partial charge in [0.15, 0.2) is 10.9 Å². The van der Waals surface area contributed by atoms with Gasteiger partial charge in [0.25, 0.3) is 0 Å². The predicted molar refractivity (Wildman–Crippen MR) is 76.6 cm³/mol. The molecule has 0 aromatic carbocycles. The number of rotatable bonds is 4. The second kappa shape index (κ2) is 7.56. The van der Waals surface area contributed by atoms with Crippen LogP contribution in [-0.4, -0.2) is 64.4 Å². The zero-order valence-electron chi connectivity index (χ0n) is 12.4. The Morgan fingerprint density at radius 3 is 2.75 bits per heavy atom. The summed E-state index contributed by atoms with van der Waals surface area (Å²) in [4.78, 5) is 28.2. The molecule has 1 saturated heterocycles. The molecule has 1 aliphatic heterocycles. The van der Waals surface area contributed by atoms with E-state index in [0.29, 0.717) is 11.2 Å². The molecule has 2 aromatic heterocycles. The quantitative estimate of drug-likeness (QED) is 0.200. The van der Waals surface area contributed by atoms with Crippen LogP contribution in [-0.2, 0) is 13.8 Å². The Kier molecular flexibility index (Phi) is 6.32. The van der Waals surface area contributed by atoms with Crippen LogP contribution in [0, 0.1) is 4.64 Å². The van der Waals surface area contributed by atoms with Crippen LogP contribution in [0.15, 0.2) is 12.7 Å². The number of aliphatic hydroxyl groups is 2. The van der Waals surface area contributed by atoms with Gasteiger partial charge >= 0.3 is 37.4 Å². The molecule has 14 heteroatoms. The molecule has 1 aliphatic rings. The molecule has 4 unspecified atom stereocenters. The van der Waals surface area contributed by atoms with Crippen molar-refractivity contribution >= 4 is 31.2 Å². The predicted octanol–water partition coefficient (Wildman–Crippen LogP) is -3.78. The van der Waals surface area contributed by atoms with Gasteiger partial charge in [-0.25, -0.2) is 14.5 Å². The van der Waals surface area contributed by atoms with Crippen LogP contribution in [0.3, 0.4) is 0 Å². The van der Waals surface area contributed by atoms with E-state index in [1.807, 2.05) is 0 Å². The SMILES string of the molecule is O=P(O)(O)OCC1OC(n2cnc3c(=S)nc[nH]c32)C(O)C1O.[Na+]. The molecule has 126 valence electrons. The number of hydrogen-bond acceptors (Lipinski definition) is 8. The molecule has 2 aromatic rings. The monoisotopic (exact) mass is 387 g/mol. The second-order valence-corrected chi connectivity index (χ2v) is 6.52. The smallest absolute Gasteiger partial charge is 0.387 e. The van der Waals surface area contributed by atoms with Crippen molar-refractivity contribution in [2.24, 2.45) is 0 Å². The van der Waals surface area contributed by atoms with Crippen LogP contribution < -0.4 is 29.6 Å². The molecule has 0 saturated carbocycles. The van der Waals surface area contributed by atoms with E-state index in [4.69, 9.17) is 26.7 Å². The summed E-state index contributed by atoms with van der Waals surface area (Å²) < 4.78 is 22.2. The van der Waals surface area contributed by atoms with E-state index < -0.39 is 39.0 Å². The van der Waals surface area contributed by atoms with Crippen molar-refractivity contribution in [1.82, 2.24) is 19.5 Å². The summed E-state index contributed by atoms with van der Waals surface area (Å²) in [6.45, 7) is -0.580. The fourth-order valence-electron chi connectivity index (χ4n) is 2.33. The number of H-pyrrole nitrogens is 1. The number of imidazole rings is 1. The van der Waals surface area contributed by atoms with Crippen LogP contribution >= 0.6 is 20.0 Å². The maximum absolute atomic E-state index is 10.7. The Labute approximate surface area is 162 Å². The largest absolute Gasteiger partial charge is 1.00 e. The maximum Gasteiger partial charge on any atom is 1.00 e. The van der Waals surface area contributed by atoms with Gasteiger partial charge in [-0.3, -0.25) is 9.09 Å². The van der Waals surface area contributed by atoms with Crippen molar-refractivity contribution in [3.8, 4) is 0 Å². The molecule has 1 fully saturated rings. The molecule has 3 rings (SSSR count). The molecule has 5 N–H and O–H groups in total.